The van der Waals surface area contributed by atoms with Gasteiger partial charge in [-0.1, -0.05) is 46.3 Å². The van der Waals surface area contributed by atoms with Crippen molar-refractivity contribution in [2.45, 2.75) is 65.2 Å². The van der Waals surface area contributed by atoms with E-state index in [-0.39, 0.29) is 16.2 Å². The molecule has 4 nitrogen and oxygen atoms in total. The zero-order valence-corrected chi connectivity index (χ0v) is 24.5. The molecule has 7 rings (SSSR count). The van der Waals surface area contributed by atoms with Crippen molar-refractivity contribution in [2.24, 2.45) is 5.41 Å². The maximum Gasteiger partial charge on any atom is 0.170 e. The van der Waals surface area contributed by atoms with Crippen molar-refractivity contribution in [1.82, 2.24) is 0 Å². The van der Waals surface area contributed by atoms with Crippen LogP contribution < -0.4 is 18.9 Å². The van der Waals surface area contributed by atoms with Crippen molar-refractivity contribution in [3.8, 4) is 46.8 Å². The van der Waals surface area contributed by atoms with Gasteiger partial charge in [-0.2, -0.15) is 0 Å². The Bertz CT molecular complexity index is 1790. The van der Waals surface area contributed by atoms with E-state index < -0.39 is 0 Å². The molecule has 0 bridgehead atoms. The molecule has 3 aromatic carbocycles. The third-order valence-corrected chi connectivity index (χ3v) is 9.23. The predicted octanol–water partition coefficient (Wildman–Crippen LogP) is 9.41. The van der Waals surface area contributed by atoms with Crippen LogP contribution in [0.2, 0.25) is 0 Å². The number of ether oxygens (including phenoxy) is 4. The van der Waals surface area contributed by atoms with Gasteiger partial charge in [-0.25, -0.2) is 0 Å². The Morgan fingerprint density at radius 2 is 1.34 bits per heavy atom. The second-order valence-corrected chi connectivity index (χ2v) is 13.2. The van der Waals surface area contributed by atoms with Crippen molar-refractivity contribution in [3.63, 3.8) is 0 Å². The largest absolute Gasteiger partial charge is 0.454 e. The topological polar surface area (TPSA) is 36.9 Å². The molecule has 1 fully saturated rings. The highest BCUT2D eigenvalue weighted by Gasteiger charge is 2.58. The zero-order valence-electron chi connectivity index (χ0n) is 24.5. The number of hydrogen-bond acceptors (Lipinski definition) is 4. The second-order valence-electron chi connectivity index (χ2n) is 13.2. The van der Waals surface area contributed by atoms with E-state index in [1.807, 2.05) is 43.3 Å². The summed E-state index contributed by atoms with van der Waals surface area (Å²) in [5.74, 6) is 8.33. The molecule has 0 saturated heterocycles. The lowest BCUT2D eigenvalue weighted by Gasteiger charge is -2.31. The van der Waals surface area contributed by atoms with Crippen LogP contribution in [0.25, 0.3) is 0 Å². The minimum atomic E-state index is -0.269. The Morgan fingerprint density at radius 3 is 2.10 bits per heavy atom. The quantitative estimate of drug-likeness (QED) is 0.225. The monoisotopic (exact) mass is 542 g/mol. The molecule has 1 saturated carbocycles. The number of hydrogen-bond donors (Lipinski definition) is 0. The standard InChI is InChI=1S/C37H34O4/c1-9-24-11-13-29-32(15-24)38-23(4)30(39-29)16-25-22(3)35(5,6)19-37(25)20-36(7,8)26-17-33-34(18-27(26)37)41-31-14-21(2)10-12-28(31)40-33/h1,10-18H,3,19-20H2,2,4-8H3/b25-16+. The van der Waals surface area contributed by atoms with Crippen LogP contribution in [0.3, 0.4) is 0 Å². The molecule has 1 atom stereocenters. The summed E-state index contributed by atoms with van der Waals surface area (Å²) < 4.78 is 25.5. The molecule has 2 aliphatic heterocycles. The van der Waals surface area contributed by atoms with E-state index in [2.05, 4.69) is 65.3 Å². The molecular formula is C37H34O4. The molecule has 0 amide bonds. The summed E-state index contributed by atoms with van der Waals surface area (Å²) in [6.45, 7) is 17.9. The maximum absolute atomic E-state index is 6.46. The summed E-state index contributed by atoms with van der Waals surface area (Å²) in [4.78, 5) is 0. The van der Waals surface area contributed by atoms with Gasteiger partial charge < -0.3 is 18.9 Å². The van der Waals surface area contributed by atoms with Gasteiger partial charge in [-0.15, -0.1) is 6.42 Å². The van der Waals surface area contributed by atoms with Crippen LogP contribution in [0.5, 0.6) is 34.5 Å². The highest BCUT2D eigenvalue weighted by Crippen LogP contribution is 2.67. The lowest BCUT2D eigenvalue weighted by atomic mass is 9.72. The van der Waals surface area contributed by atoms with Crippen molar-refractivity contribution in [3.05, 3.63) is 106 Å². The Morgan fingerprint density at radius 1 is 0.732 bits per heavy atom. The van der Waals surface area contributed by atoms with Gasteiger partial charge in [0.25, 0.3) is 0 Å². The number of rotatable bonds is 1. The van der Waals surface area contributed by atoms with E-state index in [1.165, 1.54) is 16.7 Å². The Labute approximate surface area is 242 Å². The summed E-state index contributed by atoms with van der Waals surface area (Å²) in [6.07, 6.45) is 9.63. The molecule has 0 N–H and O–H groups in total. The van der Waals surface area contributed by atoms with Gasteiger partial charge in [0.1, 0.15) is 5.76 Å². The van der Waals surface area contributed by atoms with Gasteiger partial charge in [0, 0.05) is 17.0 Å². The summed E-state index contributed by atoms with van der Waals surface area (Å²) in [5, 5.41) is 0. The lowest BCUT2D eigenvalue weighted by molar-refractivity contribution is 0.304. The molecule has 4 heteroatoms. The van der Waals surface area contributed by atoms with Gasteiger partial charge >= 0.3 is 0 Å². The highest BCUT2D eigenvalue weighted by atomic mass is 16.6. The normalized spacial score (nSPS) is 23.4. The van der Waals surface area contributed by atoms with Crippen molar-refractivity contribution >= 4 is 0 Å². The molecule has 0 aromatic heterocycles. The Balaban J connectivity index is 1.37. The molecule has 2 heterocycles. The number of terminal acetylenes is 1. The third-order valence-electron chi connectivity index (χ3n) is 9.23. The summed E-state index contributed by atoms with van der Waals surface area (Å²) in [6, 6.07) is 16.0. The van der Waals surface area contributed by atoms with E-state index in [0.717, 1.165) is 52.5 Å². The average molecular weight is 543 g/mol. The number of allylic oxidation sites excluding steroid dienone is 4. The van der Waals surface area contributed by atoms with Gasteiger partial charge in [-0.05, 0) is 108 Å². The lowest BCUT2D eigenvalue weighted by Crippen LogP contribution is -2.26. The van der Waals surface area contributed by atoms with E-state index in [1.54, 1.807) is 0 Å². The van der Waals surface area contributed by atoms with Crippen LogP contribution in [0.4, 0.5) is 0 Å². The zero-order chi connectivity index (χ0) is 28.9. The van der Waals surface area contributed by atoms with Gasteiger partial charge in [-0.3, -0.25) is 0 Å². The maximum atomic E-state index is 6.46. The van der Waals surface area contributed by atoms with E-state index >= 15 is 0 Å². The van der Waals surface area contributed by atoms with Gasteiger partial charge in [0.2, 0.25) is 0 Å². The first-order valence-corrected chi connectivity index (χ1v) is 14.1. The molecular weight excluding hydrogens is 508 g/mol. The first-order chi connectivity index (χ1) is 19.4. The average Bonchev–Trinajstić information content (AvgIpc) is 3.24. The van der Waals surface area contributed by atoms with Crippen molar-refractivity contribution < 1.29 is 18.9 Å². The van der Waals surface area contributed by atoms with Crippen LogP contribution in [-0.4, -0.2) is 0 Å². The third kappa shape index (κ3) is 3.75. The first kappa shape index (κ1) is 25.6. The van der Waals surface area contributed by atoms with Crippen LogP contribution in [0.15, 0.2) is 83.9 Å². The summed E-state index contributed by atoms with van der Waals surface area (Å²) in [7, 11) is 0. The van der Waals surface area contributed by atoms with Crippen LogP contribution in [-0.2, 0) is 10.8 Å². The van der Waals surface area contributed by atoms with E-state index in [0.29, 0.717) is 23.0 Å². The summed E-state index contributed by atoms with van der Waals surface area (Å²) in [5.41, 5.74) is 6.27. The first-order valence-electron chi connectivity index (χ1n) is 14.1. The molecule has 206 valence electrons. The number of fused-ring (bicyclic) bond motifs is 5. The minimum absolute atomic E-state index is 0.0906. The fourth-order valence-electron chi connectivity index (χ4n) is 7.30. The van der Waals surface area contributed by atoms with Gasteiger partial charge in [0.15, 0.2) is 40.3 Å². The molecule has 0 radical (unpaired) electrons. The van der Waals surface area contributed by atoms with Crippen LogP contribution in [0, 0.1) is 24.7 Å². The molecule has 1 spiro atoms. The SMILES string of the molecule is C#Cc1ccc2c(c1)OC(C)=C(/C=C1\C(=C)C(C)(C)CC13CC(C)(C)c1cc4c(cc13)Oc1cc(C)ccc1O4)O2. The molecule has 3 aromatic rings. The van der Waals surface area contributed by atoms with Gasteiger partial charge in [0.05, 0.1) is 0 Å². The Kier molecular flexibility index (Phi) is 5.20. The Hall–Kier alpha value is -4.36. The molecule has 41 heavy (non-hydrogen) atoms. The second kappa shape index (κ2) is 8.33. The molecule has 1 unspecified atom stereocenters. The number of aryl methyl sites for hydroxylation is 1. The fraction of sp³-hybridized carbons (Fsp3) is 0.297. The fourth-order valence-corrected chi connectivity index (χ4v) is 7.30. The smallest absolute Gasteiger partial charge is 0.170 e. The van der Waals surface area contributed by atoms with E-state index in [4.69, 9.17) is 25.4 Å². The highest BCUT2D eigenvalue weighted by molar-refractivity contribution is 5.67. The minimum Gasteiger partial charge on any atom is -0.454 e. The molecule has 2 aliphatic carbocycles. The van der Waals surface area contributed by atoms with Crippen molar-refractivity contribution in [1.29, 1.82) is 0 Å². The number of benzene rings is 3. The molecule has 4 aliphatic rings. The summed E-state index contributed by atoms with van der Waals surface area (Å²) >= 11 is 0. The van der Waals surface area contributed by atoms with Crippen molar-refractivity contribution in [2.75, 3.05) is 0 Å². The predicted molar refractivity (Wildman–Crippen MR) is 161 cm³/mol. The van der Waals surface area contributed by atoms with E-state index in [9.17, 15) is 0 Å². The van der Waals surface area contributed by atoms with Crippen LogP contribution >= 0.6 is 0 Å². The van der Waals surface area contributed by atoms with Crippen LogP contribution in [0.1, 0.15) is 69.7 Å².